The first kappa shape index (κ1) is 16.8. The zero-order valence-corrected chi connectivity index (χ0v) is 13.7. The van der Waals surface area contributed by atoms with E-state index in [0.717, 1.165) is 18.8 Å². The highest BCUT2D eigenvalue weighted by atomic mass is 16.1. The minimum absolute atomic E-state index is 0.191. The Morgan fingerprint density at radius 3 is 2.45 bits per heavy atom. The summed E-state index contributed by atoms with van der Waals surface area (Å²) in [6, 6.07) is 0.451. The molecule has 0 bridgehead atoms. The van der Waals surface area contributed by atoms with Crippen LogP contribution in [0.25, 0.3) is 0 Å². The fraction of sp³-hybridized carbons (Fsp3) is 0.765. The molecule has 1 saturated carbocycles. The van der Waals surface area contributed by atoms with E-state index in [9.17, 15) is 4.79 Å². The van der Waals surface area contributed by atoms with Gasteiger partial charge in [0.25, 0.3) is 0 Å². The van der Waals surface area contributed by atoms with E-state index in [0.29, 0.717) is 31.5 Å². The Balaban J connectivity index is 1.54. The first-order valence-corrected chi connectivity index (χ1v) is 8.67. The Morgan fingerprint density at radius 1 is 1.09 bits per heavy atom. The Bertz CT molecular complexity index is 391. The molecule has 2 rings (SSSR count). The number of hydrogen-bond donors (Lipinski definition) is 3. The molecule has 2 aliphatic carbocycles. The van der Waals surface area contributed by atoms with E-state index in [-0.39, 0.29) is 5.91 Å². The molecule has 1 fully saturated rings. The van der Waals surface area contributed by atoms with Gasteiger partial charge in [-0.3, -0.25) is 9.79 Å². The summed E-state index contributed by atoms with van der Waals surface area (Å²) in [5, 5.41) is 9.64. The van der Waals surface area contributed by atoms with Gasteiger partial charge in [0.1, 0.15) is 0 Å². The first-order chi connectivity index (χ1) is 10.8. The number of amides is 1. The van der Waals surface area contributed by atoms with Crippen LogP contribution in [0.3, 0.4) is 0 Å². The second-order valence-electron chi connectivity index (χ2n) is 6.34. The molecule has 0 heterocycles. The van der Waals surface area contributed by atoms with E-state index in [4.69, 9.17) is 0 Å². The van der Waals surface area contributed by atoms with Crippen molar-refractivity contribution in [2.45, 2.75) is 57.4 Å². The smallest absolute Gasteiger partial charge is 0.220 e. The van der Waals surface area contributed by atoms with Crippen LogP contribution in [0, 0.1) is 5.92 Å². The second kappa shape index (κ2) is 9.49. The Morgan fingerprint density at radius 2 is 1.77 bits per heavy atom. The Hall–Kier alpha value is -1.52. The van der Waals surface area contributed by atoms with E-state index < -0.39 is 0 Å². The SMILES string of the molecule is CN=C(NCCNC(=O)CC1CCCCC1)NC1CC=CC1. The minimum Gasteiger partial charge on any atom is -0.355 e. The molecule has 0 spiro atoms. The van der Waals surface area contributed by atoms with Gasteiger partial charge >= 0.3 is 0 Å². The summed E-state index contributed by atoms with van der Waals surface area (Å²) in [5.74, 6) is 1.61. The third kappa shape index (κ3) is 6.08. The van der Waals surface area contributed by atoms with E-state index in [1.165, 1.54) is 32.1 Å². The summed E-state index contributed by atoms with van der Waals surface area (Å²) < 4.78 is 0. The van der Waals surface area contributed by atoms with Gasteiger partial charge in [-0.2, -0.15) is 0 Å². The number of hydrogen-bond acceptors (Lipinski definition) is 2. The van der Waals surface area contributed by atoms with Crippen molar-refractivity contribution >= 4 is 11.9 Å². The van der Waals surface area contributed by atoms with Gasteiger partial charge in [-0.15, -0.1) is 0 Å². The van der Waals surface area contributed by atoms with Crippen molar-refractivity contribution in [2.75, 3.05) is 20.1 Å². The summed E-state index contributed by atoms with van der Waals surface area (Å²) in [5.41, 5.74) is 0. The van der Waals surface area contributed by atoms with Crippen molar-refractivity contribution in [3.05, 3.63) is 12.2 Å². The minimum atomic E-state index is 0.191. The molecule has 3 N–H and O–H groups in total. The number of aliphatic imine (C=N–C) groups is 1. The molecule has 5 nitrogen and oxygen atoms in total. The van der Waals surface area contributed by atoms with Crippen LogP contribution in [0.1, 0.15) is 51.4 Å². The van der Waals surface area contributed by atoms with Crippen LogP contribution in [0.4, 0.5) is 0 Å². The van der Waals surface area contributed by atoms with Crippen LogP contribution in [-0.4, -0.2) is 38.0 Å². The number of nitrogens with zero attached hydrogens (tertiary/aromatic N) is 1. The lowest BCUT2D eigenvalue weighted by atomic mass is 9.87. The molecule has 2 aliphatic rings. The normalized spacial score (nSPS) is 20.1. The maximum absolute atomic E-state index is 11.9. The molecule has 0 saturated heterocycles. The molecule has 0 radical (unpaired) electrons. The highest BCUT2D eigenvalue weighted by molar-refractivity contribution is 5.80. The summed E-state index contributed by atoms with van der Waals surface area (Å²) in [6.07, 6.45) is 13.5. The molecule has 0 aromatic carbocycles. The molecule has 0 aromatic heterocycles. The van der Waals surface area contributed by atoms with Gasteiger partial charge in [-0.25, -0.2) is 0 Å². The Labute approximate surface area is 134 Å². The number of guanidine groups is 1. The zero-order valence-electron chi connectivity index (χ0n) is 13.7. The molecule has 22 heavy (non-hydrogen) atoms. The molecule has 0 atom stereocenters. The molecular weight excluding hydrogens is 276 g/mol. The van der Waals surface area contributed by atoms with E-state index in [1.54, 1.807) is 7.05 Å². The molecular formula is C17H30N4O. The van der Waals surface area contributed by atoms with Crippen molar-refractivity contribution in [1.82, 2.24) is 16.0 Å². The highest BCUT2D eigenvalue weighted by Gasteiger charge is 2.16. The second-order valence-corrected chi connectivity index (χ2v) is 6.34. The fourth-order valence-corrected chi connectivity index (χ4v) is 3.23. The van der Waals surface area contributed by atoms with Crippen LogP contribution in [0.15, 0.2) is 17.1 Å². The molecule has 1 amide bonds. The molecule has 0 aromatic rings. The van der Waals surface area contributed by atoms with Gasteiger partial charge in [-0.1, -0.05) is 31.4 Å². The van der Waals surface area contributed by atoms with Crippen molar-refractivity contribution in [3.63, 3.8) is 0 Å². The first-order valence-electron chi connectivity index (χ1n) is 8.67. The van der Waals surface area contributed by atoms with Gasteiger partial charge < -0.3 is 16.0 Å². The Kier molecular flexibility index (Phi) is 7.26. The van der Waals surface area contributed by atoms with Gasteiger partial charge in [0.15, 0.2) is 5.96 Å². The summed E-state index contributed by atoms with van der Waals surface area (Å²) in [6.45, 7) is 1.35. The van der Waals surface area contributed by atoms with Gasteiger partial charge in [0.05, 0.1) is 0 Å². The number of carbonyl (C=O) groups is 1. The number of nitrogens with one attached hydrogen (secondary N) is 3. The quantitative estimate of drug-likeness (QED) is 0.304. The van der Waals surface area contributed by atoms with E-state index in [2.05, 4.69) is 33.1 Å². The lowest BCUT2D eigenvalue weighted by molar-refractivity contribution is -0.122. The topological polar surface area (TPSA) is 65.5 Å². The maximum atomic E-state index is 11.9. The summed E-state index contributed by atoms with van der Waals surface area (Å²) >= 11 is 0. The zero-order chi connectivity index (χ0) is 15.6. The maximum Gasteiger partial charge on any atom is 0.220 e. The third-order valence-corrected chi connectivity index (χ3v) is 4.51. The molecule has 0 unspecified atom stereocenters. The van der Waals surface area contributed by atoms with Crippen molar-refractivity contribution in [2.24, 2.45) is 10.9 Å². The van der Waals surface area contributed by atoms with E-state index >= 15 is 0 Å². The van der Waals surface area contributed by atoms with Crippen LogP contribution in [0.2, 0.25) is 0 Å². The average Bonchev–Trinajstić information content (AvgIpc) is 3.04. The summed E-state index contributed by atoms with van der Waals surface area (Å²) in [4.78, 5) is 16.1. The molecule has 124 valence electrons. The van der Waals surface area contributed by atoms with Crippen LogP contribution in [0.5, 0.6) is 0 Å². The molecule has 5 heteroatoms. The van der Waals surface area contributed by atoms with Gasteiger partial charge in [0.2, 0.25) is 5.91 Å². The lowest BCUT2D eigenvalue weighted by Crippen LogP contribution is -2.45. The van der Waals surface area contributed by atoms with Crippen LogP contribution >= 0.6 is 0 Å². The predicted molar refractivity (Wildman–Crippen MR) is 90.9 cm³/mol. The van der Waals surface area contributed by atoms with Gasteiger partial charge in [-0.05, 0) is 31.6 Å². The number of rotatable bonds is 6. The van der Waals surface area contributed by atoms with E-state index in [1.807, 2.05) is 0 Å². The van der Waals surface area contributed by atoms with Crippen molar-refractivity contribution < 1.29 is 4.79 Å². The monoisotopic (exact) mass is 306 g/mol. The lowest BCUT2D eigenvalue weighted by Gasteiger charge is -2.21. The van der Waals surface area contributed by atoms with Crippen LogP contribution in [-0.2, 0) is 4.79 Å². The average molecular weight is 306 g/mol. The third-order valence-electron chi connectivity index (χ3n) is 4.51. The fourth-order valence-electron chi connectivity index (χ4n) is 3.23. The van der Waals surface area contributed by atoms with Gasteiger partial charge in [0, 0.05) is 32.6 Å². The predicted octanol–water partition coefficient (Wildman–Crippen LogP) is 1.96. The van der Waals surface area contributed by atoms with Crippen molar-refractivity contribution in [1.29, 1.82) is 0 Å². The highest BCUT2D eigenvalue weighted by Crippen LogP contribution is 2.25. The largest absolute Gasteiger partial charge is 0.355 e. The van der Waals surface area contributed by atoms with Crippen LogP contribution < -0.4 is 16.0 Å². The number of carbonyl (C=O) groups excluding carboxylic acids is 1. The summed E-state index contributed by atoms with van der Waals surface area (Å²) in [7, 11) is 1.78. The standard InChI is InChI=1S/C17H30N4O/c1-18-17(21-15-9-5-6-10-15)20-12-11-19-16(22)13-14-7-3-2-4-8-14/h5-6,14-15H,2-4,7-13H2,1H3,(H,19,22)(H2,18,20,21). The molecule has 0 aliphatic heterocycles. The van der Waals surface area contributed by atoms with Crippen molar-refractivity contribution in [3.8, 4) is 0 Å².